The molecule has 1 fully saturated rings. The Kier molecular flexibility index (Phi) is 4.51. The number of nitrogens with zero attached hydrogens (tertiary/aromatic N) is 2. The normalized spacial score (nSPS) is 21.4. The molecular formula is C14H18FN3O4S. The molecule has 2 aliphatic heterocycles. The number of phenolic OH excluding ortho intramolecular Hbond substituents is 1. The third kappa shape index (κ3) is 3.04. The van der Waals surface area contributed by atoms with Crippen molar-refractivity contribution < 1.29 is 23.6 Å². The van der Waals surface area contributed by atoms with Gasteiger partial charge in [-0.2, -0.15) is 0 Å². The van der Waals surface area contributed by atoms with Crippen molar-refractivity contribution in [3.63, 3.8) is 0 Å². The van der Waals surface area contributed by atoms with E-state index < -0.39 is 22.9 Å². The first-order valence-electron chi connectivity index (χ1n) is 7.36. The molecule has 1 amide bonds. The Labute approximate surface area is 135 Å². The summed E-state index contributed by atoms with van der Waals surface area (Å²) in [6, 6.07) is 1.48. The zero-order valence-corrected chi connectivity index (χ0v) is 13.2. The van der Waals surface area contributed by atoms with Crippen LogP contribution in [0.3, 0.4) is 0 Å². The Hall–Kier alpha value is -1.71. The van der Waals surface area contributed by atoms with Crippen LogP contribution in [-0.2, 0) is 28.9 Å². The summed E-state index contributed by atoms with van der Waals surface area (Å²) in [5.74, 6) is -1.43. The lowest BCUT2D eigenvalue weighted by Gasteiger charge is -2.30. The standard InChI is InChI=1S/C14H18FN3O4S/c15-13-10-7-17(3-1-5-19)4-2-9(10)6-11(20)14(13)18-8-12(21)16-23(18)22/h6,19-20H,1-5,7-8H2,(H,16,21). The van der Waals surface area contributed by atoms with Gasteiger partial charge in [0.25, 0.3) is 5.91 Å². The molecule has 0 radical (unpaired) electrons. The van der Waals surface area contributed by atoms with E-state index >= 15 is 0 Å². The SMILES string of the molecule is O=C1CN(c2c(O)cc3c(c2F)CN(CCCO)CC3)S(=O)N1. The fourth-order valence-corrected chi connectivity index (χ4v) is 3.89. The van der Waals surface area contributed by atoms with Crippen LogP contribution in [0.5, 0.6) is 5.75 Å². The largest absolute Gasteiger partial charge is 0.506 e. The number of aliphatic hydroxyl groups excluding tert-OH is 1. The lowest BCUT2D eigenvalue weighted by atomic mass is 9.97. The fourth-order valence-electron chi connectivity index (χ4n) is 2.95. The molecule has 0 spiro atoms. The zero-order chi connectivity index (χ0) is 16.6. The number of rotatable bonds is 4. The quantitative estimate of drug-likeness (QED) is 0.703. The summed E-state index contributed by atoms with van der Waals surface area (Å²) in [6.07, 6.45) is 1.20. The Morgan fingerprint density at radius 1 is 1.39 bits per heavy atom. The maximum Gasteiger partial charge on any atom is 0.253 e. The van der Waals surface area contributed by atoms with Gasteiger partial charge in [0.05, 0.1) is 0 Å². The fraction of sp³-hybridized carbons (Fsp3) is 0.500. The molecule has 9 heteroatoms. The Morgan fingerprint density at radius 3 is 2.83 bits per heavy atom. The Balaban J connectivity index is 1.94. The molecule has 1 aromatic carbocycles. The number of carbonyl (C=O) groups is 1. The minimum absolute atomic E-state index is 0.0766. The second-order valence-corrected chi connectivity index (χ2v) is 6.75. The highest BCUT2D eigenvalue weighted by Crippen LogP contribution is 2.38. The van der Waals surface area contributed by atoms with Crippen LogP contribution in [0.15, 0.2) is 6.07 Å². The van der Waals surface area contributed by atoms with Crippen LogP contribution in [0.1, 0.15) is 17.5 Å². The van der Waals surface area contributed by atoms with Gasteiger partial charge in [0.1, 0.15) is 18.0 Å². The molecule has 2 heterocycles. The first-order valence-corrected chi connectivity index (χ1v) is 8.47. The molecule has 1 aromatic rings. The van der Waals surface area contributed by atoms with Crippen LogP contribution >= 0.6 is 0 Å². The molecular weight excluding hydrogens is 325 g/mol. The van der Waals surface area contributed by atoms with Gasteiger partial charge in [-0.3, -0.25) is 18.7 Å². The smallest absolute Gasteiger partial charge is 0.253 e. The predicted molar refractivity (Wildman–Crippen MR) is 82.4 cm³/mol. The van der Waals surface area contributed by atoms with Gasteiger partial charge in [0.2, 0.25) is 11.2 Å². The first kappa shape index (κ1) is 16.2. The second kappa shape index (κ2) is 6.42. The van der Waals surface area contributed by atoms with Crippen molar-refractivity contribution in [1.82, 2.24) is 9.62 Å². The number of fused-ring (bicyclic) bond motifs is 1. The van der Waals surface area contributed by atoms with Crippen LogP contribution in [0.25, 0.3) is 0 Å². The highest BCUT2D eigenvalue weighted by Gasteiger charge is 2.34. The van der Waals surface area contributed by atoms with Crippen LogP contribution in [0.2, 0.25) is 0 Å². The number of hydrogen-bond donors (Lipinski definition) is 3. The van der Waals surface area contributed by atoms with Crippen LogP contribution in [0.4, 0.5) is 10.1 Å². The lowest BCUT2D eigenvalue weighted by molar-refractivity contribution is -0.117. The molecule has 7 nitrogen and oxygen atoms in total. The van der Waals surface area contributed by atoms with E-state index in [0.29, 0.717) is 37.1 Å². The molecule has 3 rings (SSSR count). The third-order valence-corrected chi connectivity index (χ3v) is 5.18. The van der Waals surface area contributed by atoms with Crippen molar-refractivity contribution in [2.75, 3.05) is 30.5 Å². The van der Waals surface area contributed by atoms with E-state index in [-0.39, 0.29) is 24.6 Å². The van der Waals surface area contributed by atoms with E-state index in [4.69, 9.17) is 5.11 Å². The summed E-state index contributed by atoms with van der Waals surface area (Å²) < 4.78 is 30.0. The number of aliphatic hydroxyl groups is 1. The Morgan fingerprint density at radius 2 is 2.17 bits per heavy atom. The minimum atomic E-state index is -1.89. The number of aromatic hydroxyl groups is 1. The highest BCUT2D eigenvalue weighted by atomic mass is 32.2. The average molecular weight is 343 g/mol. The Bertz CT molecular complexity index is 670. The van der Waals surface area contributed by atoms with E-state index in [2.05, 4.69) is 4.72 Å². The lowest BCUT2D eigenvalue weighted by Crippen LogP contribution is -2.33. The molecule has 0 aliphatic carbocycles. The van der Waals surface area contributed by atoms with Gasteiger partial charge in [-0.15, -0.1) is 0 Å². The van der Waals surface area contributed by atoms with Gasteiger partial charge in [0, 0.05) is 31.8 Å². The van der Waals surface area contributed by atoms with Crippen LogP contribution in [0, 0.1) is 5.82 Å². The number of nitrogens with one attached hydrogen (secondary N) is 1. The van der Waals surface area contributed by atoms with Gasteiger partial charge in [0.15, 0.2) is 5.82 Å². The van der Waals surface area contributed by atoms with Gasteiger partial charge in [-0.25, -0.2) is 8.60 Å². The van der Waals surface area contributed by atoms with Crippen molar-refractivity contribution in [3.8, 4) is 5.75 Å². The molecule has 126 valence electrons. The molecule has 2 aliphatic rings. The minimum Gasteiger partial charge on any atom is -0.506 e. The van der Waals surface area contributed by atoms with E-state index in [1.54, 1.807) is 0 Å². The summed E-state index contributed by atoms with van der Waals surface area (Å²) in [4.78, 5) is 13.4. The second-order valence-electron chi connectivity index (χ2n) is 5.61. The van der Waals surface area contributed by atoms with Crippen LogP contribution < -0.4 is 9.03 Å². The molecule has 3 N–H and O–H groups in total. The number of benzene rings is 1. The number of carbonyl (C=O) groups excluding carboxylic acids is 1. The maximum atomic E-state index is 14.9. The third-order valence-electron chi connectivity index (χ3n) is 4.06. The number of amides is 1. The first-order chi connectivity index (χ1) is 11.0. The molecule has 23 heavy (non-hydrogen) atoms. The highest BCUT2D eigenvalue weighted by molar-refractivity contribution is 7.85. The zero-order valence-electron chi connectivity index (χ0n) is 12.4. The summed E-state index contributed by atoms with van der Waals surface area (Å²) >= 11 is -1.89. The number of hydrogen-bond acceptors (Lipinski definition) is 5. The average Bonchev–Trinajstić information content (AvgIpc) is 2.84. The molecule has 0 bridgehead atoms. The maximum absolute atomic E-state index is 14.9. The summed E-state index contributed by atoms with van der Waals surface area (Å²) in [6.45, 7) is 1.55. The molecule has 0 saturated carbocycles. The monoisotopic (exact) mass is 343 g/mol. The predicted octanol–water partition coefficient (Wildman–Crippen LogP) is -0.213. The number of anilines is 1. The van der Waals surface area contributed by atoms with Gasteiger partial charge in [-0.1, -0.05) is 0 Å². The number of halogens is 1. The van der Waals surface area contributed by atoms with Crippen molar-refractivity contribution in [3.05, 3.63) is 23.0 Å². The molecule has 1 unspecified atom stereocenters. The van der Waals surface area contributed by atoms with E-state index in [0.717, 1.165) is 10.8 Å². The van der Waals surface area contributed by atoms with Gasteiger partial charge >= 0.3 is 0 Å². The van der Waals surface area contributed by atoms with E-state index in [9.17, 15) is 18.5 Å². The molecule has 1 atom stereocenters. The van der Waals surface area contributed by atoms with E-state index in [1.807, 2.05) is 4.90 Å². The summed E-state index contributed by atoms with van der Waals surface area (Å²) in [7, 11) is 0. The number of phenols is 1. The summed E-state index contributed by atoms with van der Waals surface area (Å²) in [5.41, 5.74) is 0.955. The topological polar surface area (TPSA) is 93.1 Å². The van der Waals surface area contributed by atoms with Crippen molar-refractivity contribution >= 4 is 22.8 Å². The molecule has 1 saturated heterocycles. The van der Waals surface area contributed by atoms with Crippen molar-refractivity contribution in [2.45, 2.75) is 19.4 Å². The van der Waals surface area contributed by atoms with Crippen LogP contribution in [-0.4, -0.2) is 51.5 Å². The van der Waals surface area contributed by atoms with Gasteiger partial charge < -0.3 is 10.2 Å². The van der Waals surface area contributed by atoms with Gasteiger partial charge in [-0.05, 0) is 24.5 Å². The molecule has 0 aromatic heterocycles. The summed E-state index contributed by atoms with van der Waals surface area (Å²) in [5, 5.41) is 19.0. The van der Waals surface area contributed by atoms with Crippen molar-refractivity contribution in [2.24, 2.45) is 0 Å². The van der Waals surface area contributed by atoms with E-state index in [1.165, 1.54) is 6.07 Å². The van der Waals surface area contributed by atoms with Crippen molar-refractivity contribution in [1.29, 1.82) is 0 Å².